The van der Waals surface area contributed by atoms with Crippen molar-refractivity contribution >= 4 is 29.3 Å². The third-order valence-corrected chi connectivity index (χ3v) is 6.17. The number of nitrogens with two attached hydrogens (primary N) is 1. The molecule has 1 atom stereocenters. The van der Waals surface area contributed by atoms with Gasteiger partial charge in [0.25, 0.3) is 0 Å². The molecule has 1 unspecified atom stereocenters. The van der Waals surface area contributed by atoms with Gasteiger partial charge in [-0.15, -0.1) is 11.8 Å². The van der Waals surface area contributed by atoms with Crippen LogP contribution in [-0.4, -0.2) is 29.5 Å². The van der Waals surface area contributed by atoms with E-state index in [2.05, 4.69) is 17.2 Å². The molecule has 1 aliphatic rings. The van der Waals surface area contributed by atoms with Gasteiger partial charge in [0.1, 0.15) is 5.82 Å². The van der Waals surface area contributed by atoms with Gasteiger partial charge in [-0.25, -0.2) is 4.98 Å². The van der Waals surface area contributed by atoms with Gasteiger partial charge in [-0.3, -0.25) is 9.59 Å². The minimum Gasteiger partial charge on any atom is -0.483 e. The zero-order valence-corrected chi connectivity index (χ0v) is 19.5. The Morgan fingerprint density at radius 2 is 2.09 bits per heavy atom. The van der Waals surface area contributed by atoms with E-state index in [4.69, 9.17) is 10.5 Å². The van der Waals surface area contributed by atoms with Crippen molar-refractivity contribution in [3.8, 4) is 0 Å². The van der Waals surface area contributed by atoms with Crippen molar-refractivity contribution in [3.63, 3.8) is 0 Å². The zero-order chi connectivity index (χ0) is 23.1. The molecule has 7 heteroatoms. The van der Waals surface area contributed by atoms with Crippen LogP contribution in [0.2, 0.25) is 0 Å². The molecule has 1 amide bonds. The second kappa shape index (κ2) is 11.0. The first-order valence-electron chi connectivity index (χ1n) is 10.7. The van der Waals surface area contributed by atoms with Crippen LogP contribution >= 0.6 is 11.8 Å². The maximum atomic E-state index is 13.0. The number of amides is 1. The molecule has 0 radical (unpaired) electrons. The minimum absolute atomic E-state index is 0.0415. The van der Waals surface area contributed by atoms with E-state index in [0.717, 1.165) is 22.6 Å². The lowest BCUT2D eigenvalue weighted by molar-refractivity contribution is -0.115. The van der Waals surface area contributed by atoms with Gasteiger partial charge < -0.3 is 15.8 Å². The summed E-state index contributed by atoms with van der Waals surface area (Å²) in [5, 5.41) is 2.88. The first kappa shape index (κ1) is 23.6. The fourth-order valence-corrected chi connectivity index (χ4v) is 4.37. The molecule has 0 saturated heterocycles. The molecule has 3 N–H and O–H groups in total. The maximum absolute atomic E-state index is 13.0. The predicted molar refractivity (Wildman–Crippen MR) is 129 cm³/mol. The number of aryl methyl sites for hydroxylation is 2. The SMILES string of the molecule is CCSc1ccc(CC(=O)Nc2cc(C)c3c(n2)CCC(/C=C/C=C(\N)OC)C3=O)cc1. The van der Waals surface area contributed by atoms with Crippen LogP contribution in [0.15, 0.2) is 59.3 Å². The molecule has 0 aliphatic heterocycles. The highest BCUT2D eigenvalue weighted by Crippen LogP contribution is 2.29. The minimum atomic E-state index is -0.224. The van der Waals surface area contributed by atoms with Gasteiger partial charge in [0.15, 0.2) is 11.7 Å². The van der Waals surface area contributed by atoms with E-state index in [1.807, 2.05) is 37.3 Å². The van der Waals surface area contributed by atoms with Gasteiger partial charge in [0, 0.05) is 16.4 Å². The normalized spacial score (nSPS) is 16.2. The number of benzene rings is 1. The number of nitrogens with zero attached hydrogens (tertiary/aromatic N) is 1. The number of pyridine rings is 1. The summed E-state index contributed by atoms with van der Waals surface area (Å²) in [6.07, 6.45) is 6.82. The van der Waals surface area contributed by atoms with Crippen LogP contribution in [0.5, 0.6) is 0 Å². The highest BCUT2D eigenvalue weighted by atomic mass is 32.2. The summed E-state index contributed by atoms with van der Waals surface area (Å²) in [6.45, 7) is 3.99. The standard InChI is InChI=1S/C25H29N3O3S/c1-4-32-19-11-8-17(9-12-19)15-23(29)28-22-14-16(2)24-20(27-22)13-10-18(25(24)30)6-5-7-21(26)31-3/h5-9,11-12,14,18H,4,10,13,15,26H2,1-3H3,(H,27,28,29)/b6-5+,21-7+. The fourth-order valence-electron chi connectivity index (χ4n) is 3.71. The number of thioether (sulfide) groups is 1. The topological polar surface area (TPSA) is 94.3 Å². The number of hydrogen-bond donors (Lipinski definition) is 2. The highest BCUT2D eigenvalue weighted by Gasteiger charge is 2.28. The Morgan fingerprint density at radius 1 is 1.34 bits per heavy atom. The molecule has 1 aliphatic carbocycles. The smallest absolute Gasteiger partial charge is 0.229 e. The van der Waals surface area contributed by atoms with Crippen molar-refractivity contribution in [3.05, 3.63) is 76.8 Å². The monoisotopic (exact) mass is 451 g/mol. The van der Waals surface area contributed by atoms with E-state index in [9.17, 15) is 9.59 Å². The van der Waals surface area contributed by atoms with Crippen LogP contribution in [0.25, 0.3) is 0 Å². The summed E-state index contributed by atoms with van der Waals surface area (Å²) < 4.78 is 4.90. The first-order chi connectivity index (χ1) is 15.4. The molecule has 1 aromatic heterocycles. The molecular formula is C25H29N3O3S. The zero-order valence-electron chi connectivity index (χ0n) is 18.7. The van der Waals surface area contributed by atoms with Crippen molar-refractivity contribution < 1.29 is 14.3 Å². The number of allylic oxidation sites excluding steroid dienone is 3. The summed E-state index contributed by atoms with van der Waals surface area (Å²) >= 11 is 1.77. The summed E-state index contributed by atoms with van der Waals surface area (Å²) in [4.78, 5) is 31.3. The third-order valence-electron chi connectivity index (χ3n) is 5.27. The van der Waals surface area contributed by atoms with Gasteiger partial charge >= 0.3 is 0 Å². The molecule has 0 fully saturated rings. The van der Waals surface area contributed by atoms with Gasteiger partial charge in [-0.2, -0.15) is 0 Å². The van der Waals surface area contributed by atoms with Crippen molar-refractivity contribution in [1.29, 1.82) is 0 Å². The average Bonchev–Trinajstić information content (AvgIpc) is 2.76. The van der Waals surface area contributed by atoms with Crippen molar-refractivity contribution in [2.75, 3.05) is 18.2 Å². The van der Waals surface area contributed by atoms with Crippen LogP contribution in [0, 0.1) is 12.8 Å². The highest BCUT2D eigenvalue weighted by molar-refractivity contribution is 7.99. The van der Waals surface area contributed by atoms with E-state index >= 15 is 0 Å². The number of fused-ring (bicyclic) bond motifs is 1. The van der Waals surface area contributed by atoms with Gasteiger partial charge in [-0.1, -0.05) is 31.2 Å². The molecule has 3 rings (SSSR count). The molecule has 0 bridgehead atoms. The Kier molecular flexibility index (Phi) is 8.11. The lowest BCUT2D eigenvalue weighted by atomic mass is 9.83. The lowest BCUT2D eigenvalue weighted by Gasteiger charge is -2.22. The molecular weight excluding hydrogens is 422 g/mol. The van der Waals surface area contributed by atoms with E-state index < -0.39 is 0 Å². The number of methoxy groups -OCH3 is 1. The number of ketones is 1. The van der Waals surface area contributed by atoms with Crippen LogP contribution < -0.4 is 11.1 Å². The number of nitrogens with one attached hydrogen (secondary N) is 1. The summed E-state index contributed by atoms with van der Waals surface area (Å²) in [6, 6.07) is 9.79. The van der Waals surface area contributed by atoms with E-state index in [0.29, 0.717) is 30.1 Å². The van der Waals surface area contributed by atoms with Gasteiger partial charge in [0.05, 0.1) is 19.2 Å². The van der Waals surface area contributed by atoms with Crippen molar-refractivity contribution in [2.45, 2.75) is 38.0 Å². The van der Waals surface area contributed by atoms with E-state index in [1.165, 1.54) is 12.0 Å². The Balaban J connectivity index is 1.68. The van der Waals surface area contributed by atoms with Crippen LogP contribution in [0.3, 0.4) is 0 Å². The fraction of sp³-hybridized carbons (Fsp3) is 0.320. The number of hydrogen-bond acceptors (Lipinski definition) is 6. The maximum Gasteiger partial charge on any atom is 0.229 e. The average molecular weight is 452 g/mol. The Hall–Kier alpha value is -3.06. The molecule has 32 heavy (non-hydrogen) atoms. The largest absolute Gasteiger partial charge is 0.483 e. The molecule has 2 aromatic rings. The molecule has 0 saturated carbocycles. The molecule has 168 valence electrons. The number of Topliss-reactive ketones (excluding diaryl/α,β-unsaturated/α-hetero) is 1. The second-order valence-corrected chi connectivity index (χ2v) is 8.95. The Labute approximate surface area is 193 Å². The van der Waals surface area contributed by atoms with Crippen LogP contribution in [-0.2, 0) is 22.4 Å². The van der Waals surface area contributed by atoms with Crippen LogP contribution in [0.1, 0.15) is 40.5 Å². The van der Waals surface area contributed by atoms with Crippen molar-refractivity contribution in [1.82, 2.24) is 4.98 Å². The lowest BCUT2D eigenvalue weighted by Crippen LogP contribution is -2.24. The number of anilines is 1. The number of rotatable bonds is 8. The number of aromatic nitrogens is 1. The summed E-state index contributed by atoms with van der Waals surface area (Å²) in [5.74, 6) is 1.49. The van der Waals surface area contributed by atoms with E-state index in [1.54, 1.807) is 30.0 Å². The number of carbonyl (C=O) groups is 2. The van der Waals surface area contributed by atoms with Gasteiger partial charge in [-0.05, 0) is 60.9 Å². The molecule has 1 heterocycles. The molecule has 1 aromatic carbocycles. The Morgan fingerprint density at radius 3 is 2.78 bits per heavy atom. The first-order valence-corrected chi connectivity index (χ1v) is 11.6. The van der Waals surface area contributed by atoms with Crippen molar-refractivity contribution in [2.24, 2.45) is 11.7 Å². The molecule has 6 nitrogen and oxygen atoms in total. The van der Waals surface area contributed by atoms with E-state index in [-0.39, 0.29) is 24.0 Å². The van der Waals surface area contributed by atoms with Crippen LogP contribution in [0.4, 0.5) is 5.82 Å². The number of ether oxygens (including phenoxy) is 1. The predicted octanol–water partition coefficient (Wildman–Crippen LogP) is 4.43. The van der Waals surface area contributed by atoms with Gasteiger partial charge in [0.2, 0.25) is 5.91 Å². The number of carbonyl (C=O) groups excluding carboxylic acids is 2. The third kappa shape index (κ3) is 6.01. The quantitative estimate of drug-likeness (QED) is 0.350. The summed E-state index contributed by atoms with van der Waals surface area (Å²) in [7, 11) is 1.50. The summed E-state index contributed by atoms with van der Waals surface area (Å²) in [5.41, 5.74) is 8.76. The Bertz CT molecular complexity index is 1050. The second-order valence-electron chi connectivity index (χ2n) is 7.62. The molecule has 0 spiro atoms.